The SMILES string of the molecule is Cc1cccc(Oc2nc(Nc3cc(C4CC4)[nH]n3)cc(-c3ccccc3)n2)c1. The van der Waals surface area contributed by atoms with Gasteiger partial charge >= 0.3 is 6.01 Å². The molecule has 2 aromatic carbocycles. The Labute approximate surface area is 169 Å². The Balaban J connectivity index is 1.48. The Morgan fingerprint density at radius 3 is 2.59 bits per heavy atom. The van der Waals surface area contributed by atoms with Crippen molar-refractivity contribution in [3.63, 3.8) is 0 Å². The average Bonchev–Trinajstić information content (AvgIpc) is 3.48. The van der Waals surface area contributed by atoms with E-state index in [1.165, 1.54) is 18.5 Å². The smallest absolute Gasteiger partial charge is 0.324 e. The lowest BCUT2D eigenvalue weighted by Crippen LogP contribution is -2.00. The molecule has 29 heavy (non-hydrogen) atoms. The van der Waals surface area contributed by atoms with Crippen molar-refractivity contribution in [2.45, 2.75) is 25.7 Å². The first-order valence-corrected chi connectivity index (χ1v) is 9.74. The summed E-state index contributed by atoms with van der Waals surface area (Å²) < 4.78 is 5.96. The normalized spacial score (nSPS) is 13.3. The standard InChI is InChI=1S/C23H21N5O/c1-15-6-5-9-18(12-15)29-23-24-19(16-7-3-2-4-8-16)13-21(26-23)25-22-14-20(27-28-22)17-10-11-17/h2-9,12-14,17H,10-11H2,1H3,(H2,24,25,26,27,28). The van der Waals surface area contributed by atoms with E-state index < -0.39 is 0 Å². The molecule has 0 spiro atoms. The first kappa shape index (κ1) is 17.4. The number of H-pyrrole nitrogens is 1. The van der Waals surface area contributed by atoms with Gasteiger partial charge in [0.05, 0.1) is 5.69 Å². The zero-order valence-corrected chi connectivity index (χ0v) is 16.1. The molecule has 0 saturated heterocycles. The monoisotopic (exact) mass is 383 g/mol. The van der Waals surface area contributed by atoms with Crippen LogP contribution < -0.4 is 10.1 Å². The minimum Gasteiger partial charge on any atom is -0.424 e. The lowest BCUT2D eigenvalue weighted by molar-refractivity contribution is 0.443. The molecule has 0 unspecified atom stereocenters. The molecule has 0 bridgehead atoms. The number of hydrogen-bond acceptors (Lipinski definition) is 5. The van der Waals surface area contributed by atoms with Crippen LogP contribution in [0.15, 0.2) is 66.7 Å². The highest BCUT2D eigenvalue weighted by Gasteiger charge is 2.25. The third-order valence-corrected chi connectivity index (χ3v) is 4.84. The van der Waals surface area contributed by atoms with Gasteiger partial charge in [0.25, 0.3) is 0 Å². The summed E-state index contributed by atoms with van der Waals surface area (Å²) in [4.78, 5) is 9.16. The molecule has 0 atom stereocenters. The molecule has 2 aromatic heterocycles. The average molecular weight is 383 g/mol. The van der Waals surface area contributed by atoms with Crippen LogP contribution in [0, 0.1) is 6.92 Å². The maximum absolute atomic E-state index is 5.96. The van der Waals surface area contributed by atoms with Crippen molar-refractivity contribution in [2.24, 2.45) is 0 Å². The van der Waals surface area contributed by atoms with Crippen molar-refractivity contribution in [1.82, 2.24) is 20.2 Å². The summed E-state index contributed by atoms with van der Waals surface area (Å²) in [5, 5.41) is 10.8. The van der Waals surface area contributed by atoms with Crippen LogP contribution in [0.1, 0.15) is 30.0 Å². The van der Waals surface area contributed by atoms with Crippen molar-refractivity contribution in [2.75, 3.05) is 5.32 Å². The van der Waals surface area contributed by atoms with E-state index in [4.69, 9.17) is 4.74 Å². The number of hydrogen-bond donors (Lipinski definition) is 2. The van der Waals surface area contributed by atoms with Crippen LogP contribution in [0.25, 0.3) is 11.3 Å². The van der Waals surface area contributed by atoms with Gasteiger partial charge in [-0.1, -0.05) is 42.5 Å². The van der Waals surface area contributed by atoms with Gasteiger partial charge in [0.15, 0.2) is 5.82 Å². The van der Waals surface area contributed by atoms with E-state index in [0.29, 0.717) is 17.5 Å². The fraction of sp³-hybridized carbons (Fsp3) is 0.174. The Kier molecular flexibility index (Phi) is 4.44. The molecular weight excluding hydrogens is 362 g/mol. The largest absolute Gasteiger partial charge is 0.424 e. The number of aromatic amines is 1. The Morgan fingerprint density at radius 2 is 1.79 bits per heavy atom. The van der Waals surface area contributed by atoms with Crippen LogP contribution in [-0.2, 0) is 0 Å². The van der Waals surface area contributed by atoms with Crippen LogP contribution in [-0.4, -0.2) is 20.2 Å². The quantitative estimate of drug-likeness (QED) is 0.454. The summed E-state index contributed by atoms with van der Waals surface area (Å²) in [6.07, 6.45) is 2.45. The van der Waals surface area contributed by atoms with Crippen molar-refractivity contribution in [1.29, 1.82) is 0 Å². The predicted octanol–water partition coefficient (Wildman–Crippen LogP) is 5.59. The second kappa shape index (κ2) is 7.39. The maximum Gasteiger partial charge on any atom is 0.324 e. The number of anilines is 2. The topological polar surface area (TPSA) is 75.7 Å². The molecule has 1 saturated carbocycles. The summed E-state index contributed by atoms with van der Waals surface area (Å²) >= 11 is 0. The van der Waals surface area contributed by atoms with E-state index in [1.807, 2.05) is 73.7 Å². The Bertz CT molecular complexity index is 1130. The molecule has 0 radical (unpaired) electrons. The Morgan fingerprint density at radius 1 is 0.931 bits per heavy atom. The number of benzene rings is 2. The van der Waals surface area contributed by atoms with Crippen molar-refractivity contribution in [3.8, 4) is 23.0 Å². The highest BCUT2D eigenvalue weighted by atomic mass is 16.5. The second-order valence-electron chi connectivity index (χ2n) is 7.31. The summed E-state index contributed by atoms with van der Waals surface area (Å²) in [5.41, 5.74) is 4.06. The Hall–Kier alpha value is -3.67. The number of ether oxygens (including phenoxy) is 1. The predicted molar refractivity (Wildman–Crippen MR) is 113 cm³/mol. The zero-order valence-electron chi connectivity index (χ0n) is 16.1. The number of nitrogens with one attached hydrogen (secondary N) is 2. The third kappa shape index (κ3) is 4.11. The van der Waals surface area contributed by atoms with E-state index in [2.05, 4.69) is 25.5 Å². The fourth-order valence-electron chi connectivity index (χ4n) is 3.21. The molecule has 5 rings (SSSR count). The number of aromatic nitrogens is 4. The van der Waals surface area contributed by atoms with Gasteiger partial charge in [-0.15, -0.1) is 0 Å². The molecule has 6 heteroatoms. The van der Waals surface area contributed by atoms with Crippen molar-refractivity contribution in [3.05, 3.63) is 78.0 Å². The van der Waals surface area contributed by atoms with Crippen LogP contribution in [0.3, 0.4) is 0 Å². The molecule has 0 aliphatic heterocycles. The molecule has 6 nitrogen and oxygen atoms in total. The highest BCUT2D eigenvalue weighted by Crippen LogP contribution is 2.39. The second-order valence-corrected chi connectivity index (χ2v) is 7.31. The minimum absolute atomic E-state index is 0.289. The molecule has 1 aliphatic carbocycles. The van der Waals surface area contributed by atoms with E-state index in [-0.39, 0.29) is 6.01 Å². The first-order chi connectivity index (χ1) is 14.2. The lowest BCUT2D eigenvalue weighted by atomic mass is 10.1. The first-order valence-electron chi connectivity index (χ1n) is 9.74. The fourth-order valence-corrected chi connectivity index (χ4v) is 3.21. The summed E-state index contributed by atoms with van der Waals surface area (Å²) in [6.45, 7) is 2.02. The van der Waals surface area contributed by atoms with E-state index in [9.17, 15) is 0 Å². The molecule has 1 fully saturated rings. The van der Waals surface area contributed by atoms with Crippen LogP contribution in [0.5, 0.6) is 11.8 Å². The van der Waals surface area contributed by atoms with Gasteiger partial charge in [-0.25, -0.2) is 0 Å². The number of rotatable bonds is 6. The minimum atomic E-state index is 0.289. The van der Waals surface area contributed by atoms with Crippen LogP contribution in [0.4, 0.5) is 11.6 Å². The summed E-state index contributed by atoms with van der Waals surface area (Å²) in [7, 11) is 0. The van der Waals surface area contributed by atoms with Gasteiger partial charge in [0, 0.05) is 29.3 Å². The van der Waals surface area contributed by atoms with Gasteiger partial charge in [0.1, 0.15) is 11.6 Å². The third-order valence-electron chi connectivity index (χ3n) is 4.84. The molecular formula is C23H21N5O. The highest BCUT2D eigenvalue weighted by molar-refractivity contribution is 5.65. The summed E-state index contributed by atoms with van der Waals surface area (Å²) in [5.74, 6) is 2.70. The molecule has 144 valence electrons. The van der Waals surface area contributed by atoms with Crippen molar-refractivity contribution >= 4 is 11.6 Å². The molecule has 2 N–H and O–H groups in total. The maximum atomic E-state index is 5.96. The van der Waals surface area contributed by atoms with Gasteiger partial charge in [-0.2, -0.15) is 15.1 Å². The van der Waals surface area contributed by atoms with E-state index in [0.717, 1.165) is 22.6 Å². The van der Waals surface area contributed by atoms with Crippen LogP contribution >= 0.6 is 0 Å². The lowest BCUT2D eigenvalue weighted by Gasteiger charge is -2.10. The van der Waals surface area contributed by atoms with Gasteiger partial charge < -0.3 is 10.1 Å². The number of nitrogens with zero attached hydrogens (tertiary/aromatic N) is 3. The van der Waals surface area contributed by atoms with Gasteiger partial charge in [-0.3, -0.25) is 5.10 Å². The van der Waals surface area contributed by atoms with Crippen LogP contribution in [0.2, 0.25) is 0 Å². The number of aryl methyl sites for hydroxylation is 1. The van der Waals surface area contributed by atoms with Gasteiger partial charge in [-0.05, 0) is 37.5 Å². The molecule has 4 aromatic rings. The molecule has 1 aliphatic rings. The van der Waals surface area contributed by atoms with Gasteiger partial charge in [0.2, 0.25) is 0 Å². The van der Waals surface area contributed by atoms with E-state index in [1.54, 1.807) is 0 Å². The summed E-state index contributed by atoms with van der Waals surface area (Å²) in [6, 6.07) is 22.1. The van der Waals surface area contributed by atoms with Crippen molar-refractivity contribution < 1.29 is 4.74 Å². The molecule has 2 heterocycles. The van der Waals surface area contributed by atoms with E-state index >= 15 is 0 Å². The zero-order chi connectivity index (χ0) is 19.6. The molecule has 0 amide bonds.